The molecule has 0 spiro atoms. The molecule has 29 heavy (non-hydrogen) atoms. The van der Waals surface area contributed by atoms with Crippen molar-refractivity contribution in [3.63, 3.8) is 0 Å². The maximum atomic E-state index is 12.6. The minimum absolute atomic E-state index is 0.0531. The fraction of sp³-hybridized carbons (Fsp3) is 0.211. The van der Waals surface area contributed by atoms with Gasteiger partial charge in [-0.15, -0.1) is 23.1 Å². The molecular weight excluding hydrogens is 412 g/mol. The summed E-state index contributed by atoms with van der Waals surface area (Å²) < 4.78 is 0. The Balaban J connectivity index is 1.49. The van der Waals surface area contributed by atoms with Crippen molar-refractivity contribution in [2.75, 3.05) is 5.75 Å². The largest absolute Gasteiger partial charge is 0.477 e. The lowest BCUT2D eigenvalue weighted by molar-refractivity contribution is -0.150. The number of amides is 2. The van der Waals surface area contributed by atoms with Gasteiger partial charge in [0.15, 0.2) is 0 Å². The van der Waals surface area contributed by atoms with Crippen molar-refractivity contribution < 1.29 is 19.5 Å². The van der Waals surface area contributed by atoms with E-state index in [1.54, 1.807) is 30.7 Å². The Kier molecular flexibility index (Phi) is 5.45. The molecule has 2 amide bonds. The van der Waals surface area contributed by atoms with Gasteiger partial charge in [-0.2, -0.15) is 0 Å². The van der Waals surface area contributed by atoms with Crippen LogP contribution in [0.5, 0.6) is 0 Å². The summed E-state index contributed by atoms with van der Waals surface area (Å²) in [5.41, 5.74) is 1.05. The SMILES string of the molecule is O=C(Cc1cccs1)NC1C(=O)N2C(C(=O)O)=C(C=Cc3cnccn3)CS[C@H]12. The van der Waals surface area contributed by atoms with Gasteiger partial charge < -0.3 is 10.4 Å². The fourth-order valence-electron chi connectivity index (χ4n) is 3.15. The zero-order valence-corrected chi connectivity index (χ0v) is 16.7. The van der Waals surface area contributed by atoms with Gasteiger partial charge in [-0.3, -0.25) is 24.5 Å². The number of β-lactam (4-membered cyclic amide) rings is 1. The fourth-order valence-corrected chi connectivity index (χ4v) is 5.17. The van der Waals surface area contributed by atoms with Gasteiger partial charge in [-0.25, -0.2) is 4.79 Å². The number of hydrogen-bond donors (Lipinski definition) is 2. The first-order valence-electron chi connectivity index (χ1n) is 8.71. The van der Waals surface area contributed by atoms with Gasteiger partial charge >= 0.3 is 5.97 Å². The zero-order chi connectivity index (χ0) is 20.4. The molecule has 8 nitrogen and oxygen atoms in total. The second-order valence-electron chi connectivity index (χ2n) is 6.35. The first-order valence-corrected chi connectivity index (χ1v) is 10.6. The van der Waals surface area contributed by atoms with Crippen LogP contribution in [0.25, 0.3) is 6.08 Å². The highest BCUT2D eigenvalue weighted by atomic mass is 32.2. The number of fused-ring (bicyclic) bond motifs is 1. The first-order chi connectivity index (χ1) is 14.0. The number of thiophene rings is 1. The van der Waals surface area contributed by atoms with E-state index < -0.39 is 23.3 Å². The van der Waals surface area contributed by atoms with Crippen molar-refractivity contribution in [1.29, 1.82) is 0 Å². The zero-order valence-electron chi connectivity index (χ0n) is 15.0. The highest BCUT2D eigenvalue weighted by Crippen LogP contribution is 2.40. The molecule has 10 heteroatoms. The molecule has 148 valence electrons. The molecule has 0 saturated carbocycles. The van der Waals surface area contributed by atoms with Gasteiger partial charge in [-0.1, -0.05) is 12.1 Å². The summed E-state index contributed by atoms with van der Waals surface area (Å²) in [5, 5.41) is 13.9. The number of carboxylic acids is 1. The summed E-state index contributed by atoms with van der Waals surface area (Å²) in [6, 6.07) is 3.00. The summed E-state index contributed by atoms with van der Waals surface area (Å²) in [7, 11) is 0. The molecule has 0 aliphatic carbocycles. The average Bonchev–Trinajstić information content (AvgIpc) is 3.23. The number of carboxylic acid groups (broad SMARTS) is 1. The number of hydrogen-bond acceptors (Lipinski definition) is 7. The Morgan fingerprint density at radius 1 is 1.34 bits per heavy atom. The van der Waals surface area contributed by atoms with E-state index in [-0.39, 0.29) is 18.0 Å². The van der Waals surface area contributed by atoms with E-state index in [9.17, 15) is 19.5 Å². The molecule has 0 radical (unpaired) electrons. The molecule has 1 fully saturated rings. The lowest BCUT2D eigenvalue weighted by Crippen LogP contribution is -2.70. The Morgan fingerprint density at radius 2 is 2.21 bits per heavy atom. The number of carbonyl (C=O) groups excluding carboxylic acids is 2. The Morgan fingerprint density at radius 3 is 2.90 bits per heavy atom. The predicted molar refractivity (Wildman–Crippen MR) is 109 cm³/mol. The van der Waals surface area contributed by atoms with Gasteiger partial charge in [0.2, 0.25) is 5.91 Å². The molecule has 2 atom stereocenters. The standard InChI is InChI=1S/C19H16N4O4S2/c24-14(8-13-2-1-7-28-13)22-15-17(25)23-16(19(26)27)11(10-29-18(15)23)3-4-12-9-20-5-6-21-12/h1-7,9,15,18H,8,10H2,(H,22,24)(H,26,27)/t15?,18-/m1/s1. The Hall–Kier alpha value is -2.98. The molecule has 2 aliphatic rings. The maximum Gasteiger partial charge on any atom is 0.352 e. The van der Waals surface area contributed by atoms with Crippen molar-refractivity contribution in [1.82, 2.24) is 20.2 Å². The van der Waals surface area contributed by atoms with Gasteiger partial charge in [-0.05, 0) is 23.1 Å². The van der Waals surface area contributed by atoms with Crippen LogP contribution in [0.4, 0.5) is 0 Å². The second-order valence-corrected chi connectivity index (χ2v) is 8.49. The first kappa shape index (κ1) is 19.3. The van der Waals surface area contributed by atoms with Gasteiger partial charge in [0.25, 0.3) is 5.91 Å². The molecule has 1 unspecified atom stereocenters. The van der Waals surface area contributed by atoms with Crippen molar-refractivity contribution in [2.45, 2.75) is 17.8 Å². The van der Waals surface area contributed by atoms with Crippen LogP contribution in [0.3, 0.4) is 0 Å². The third-order valence-electron chi connectivity index (χ3n) is 4.47. The van der Waals surface area contributed by atoms with Crippen molar-refractivity contribution in [3.8, 4) is 0 Å². The van der Waals surface area contributed by atoms with E-state index in [0.717, 1.165) is 4.88 Å². The lowest BCUT2D eigenvalue weighted by Gasteiger charge is -2.49. The maximum absolute atomic E-state index is 12.6. The van der Waals surface area contributed by atoms with Crippen LogP contribution in [0.15, 0.2) is 53.4 Å². The molecular formula is C19H16N4O4S2. The Labute approximate surface area is 174 Å². The van der Waals surface area contributed by atoms with Crippen molar-refractivity contribution in [3.05, 3.63) is 64.0 Å². The van der Waals surface area contributed by atoms with Crippen LogP contribution in [-0.4, -0.2) is 54.9 Å². The number of nitrogens with one attached hydrogen (secondary N) is 1. The molecule has 2 aromatic rings. The Bertz CT molecular complexity index is 1000. The quantitative estimate of drug-likeness (QED) is 0.671. The highest BCUT2D eigenvalue weighted by molar-refractivity contribution is 8.00. The van der Waals surface area contributed by atoms with Crippen LogP contribution in [0.2, 0.25) is 0 Å². The second kappa shape index (κ2) is 8.18. The minimum Gasteiger partial charge on any atom is -0.477 e. The highest BCUT2D eigenvalue weighted by Gasteiger charge is 2.53. The van der Waals surface area contributed by atoms with Crippen LogP contribution in [0.1, 0.15) is 10.6 Å². The molecule has 2 N–H and O–H groups in total. The monoisotopic (exact) mass is 428 g/mol. The van der Waals surface area contributed by atoms with Gasteiger partial charge in [0.1, 0.15) is 17.1 Å². The summed E-state index contributed by atoms with van der Waals surface area (Å²) in [6.45, 7) is 0. The van der Waals surface area contributed by atoms with Crippen LogP contribution >= 0.6 is 23.1 Å². The van der Waals surface area contributed by atoms with Gasteiger partial charge in [0, 0.05) is 23.0 Å². The average molecular weight is 428 g/mol. The summed E-state index contributed by atoms with van der Waals surface area (Å²) in [4.78, 5) is 46.9. The summed E-state index contributed by atoms with van der Waals surface area (Å²) in [5.74, 6) is -1.43. The number of thioether (sulfide) groups is 1. The number of carbonyl (C=O) groups is 3. The van der Waals surface area contributed by atoms with Crippen molar-refractivity contribution in [2.24, 2.45) is 0 Å². The molecule has 0 bridgehead atoms. The lowest BCUT2D eigenvalue weighted by atomic mass is 10.0. The van der Waals surface area contributed by atoms with Crippen LogP contribution in [-0.2, 0) is 20.8 Å². The number of rotatable bonds is 6. The molecule has 0 aromatic carbocycles. The number of allylic oxidation sites excluding steroid dienone is 1. The van der Waals surface area contributed by atoms with E-state index >= 15 is 0 Å². The predicted octanol–water partition coefficient (Wildman–Crippen LogP) is 1.53. The molecule has 1 saturated heterocycles. The smallest absolute Gasteiger partial charge is 0.352 e. The topological polar surface area (TPSA) is 112 Å². The summed E-state index contributed by atoms with van der Waals surface area (Å²) >= 11 is 2.90. The number of nitrogens with zero attached hydrogens (tertiary/aromatic N) is 3. The van der Waals surface area contributed by atoms with Gasteiger partial charge in [0.05, 0.1) is 18.3 Å². The van der Waals surface area contributed by atoms with E-state index in [1.807, 2.05) is 17.5 Å². The third-order valence-corrected chi connectivity index (χ3v) is 6.65. The molecule has 2 aliphatic heterocycles. The van der Waals surface area contributed by atoms with Crippen LogP contribution < -0.4 is 5.32 Å². The van der Waals surface area contributed by atoms with E-state index in [0.29, 0.717) is 17.0 Å². The van der Waals surface area contributed by atoms with E-state index in [4.69, 9.17) is 0 Å². The van der Waals surface area contributed by atoms with Crippen LogP contribution in [0, 0.1) is 0 Å². The summed E-state index contributed by atoms with van der Waals surface area (Å²) in [6.07, 6.45) is 8.16. The molecule has 2 aromatic heterocycles. The third kappa shape index (κ3) is 3.94. The molecule has 4 heterocycles. The number of aromatic nitrogens is 2. The van der Waals surface area contributed by atoms with Crippen molar-refractivity contribution >= 4 is 47.0 Å². The van der Waals surface area contributed by atoms with E-state index in [2.05, 4.69) is 15.3 Å². The number of aliphatic carboxylic acids is 1. The van der Waals surface area contributed by atoms with E-state index in [1.165, 1.54) is 28.0 Å². The molecule has 4 rings (SSSR count). The normalized spacial score (nSPS) is 21.1. The minimum atomic E-state index is -1.18.